The molecule has 0 spiro atoms. The molecule has 5 nitrogen and oxygen atoms in total. The number of amides is 3. The Morgan fingerprint density at radius 1 is 1.08 bits per heavy atom. The van der Waals surface area contributed by atoms with E-state index in [1.807, 2.05) is 0 Å². The van der Waals surface area contributed by atoms with Gasteiger partial charge in [-0.1, -0.05) is 24.3 Å². The molecule has 3 rings (SSSR count). The predicted octanol–water partition coefficient (Wildman–Crippen LogP) is 2.54. The minimum Gasteiger partial charge on any atom is -0.324 e. The fraction of sp³-hybridized carbons (Fsp3) is 0.118. The molecule has 0 aliphatic carbocycles. The van der Waals surface area contributed by atoms with Crippen LogP contribution in [0.1, 0.15) is 15.9 Å². The Kier molecular flexibility index (Phi) is 4.03. The van der Waals surface area contributed by atoms with E-state index in [9.17, 15) is 27.6 Å². The molecule has 0 bridgehead atoms. The molecule has 0 fully saturated rings. The molecular formula is C17H11F3N2O3. The van der Waals surface area contributed by atoms with Crippen molar-refractivity contribution in [2.24, 2.45) is 0 Å². The smallest absolute Gasteiger partial charge is 0.324 e. The van der Waals surface area contributed by atoms with Crippen molar-refractivity contribution in [1.29, 1.82) is 0 Å². The Hall–Kier alpha value is -3.16. The molecule has 0 atom stereocenters. The molecule has 128 valence electrons. The first-order chi connectivity index (χ1) is 11.8. The minimum atomic E-state index is -3.91. The lowest BCUT2D eigenvalue weighted by Gasteiger charge is -2.31. The van der Waals surface area contributed by atoms with Gasteiger partial charge in [-0.3, -0.25) is 19.3 Å². The van der Waals surface area contributed by atoms with Gasteiger partial charge in [0.05, 0.1) is 0 Å². The van der Waals surface area contributed by atoms with Crippen molar-refractivity contribution in [3.05, 3.63) is 65.5 Å². The number of halogens is 3. The number of hydrogen-bond acceptors (Lipinski definition) is 3. The summed E-state index contributed by atoms with van der Waals surface area (Å²) in [5, 5.41) is 2.25. The van der Waals surface area contributed by atoms with Crippen molar-refractivity contribution >= 4 is 23.4 Å². The molecule has 0 unspecified atom stereocenters. The van der Waals surface area contributed by atoms with Crippen LogP contribution in [0.4, 0.5) is 18.9 Å². The maximum Gasteiger partial charge on any atom is 0.351 e. The molecule has 1 aliphatic heterocycles. The Morgan fingerprint density at radius 2 is 1.80 bits per heavy atom. The summed E-state index contributed by atoms with van der Waals surface area (Å²) in [6.45, 7) is -0.905. The van der Waals surface area contributed by atoms with Gasteiger partial charge < -0.3 is 5.32 Å². The fourth-order valence-electron chi connectivity index (χ4n) is 2.52. The summed E-state index contributed by atoms with van der Waals surface area (Å²) < 4.78 is 41.5. The molecule has 0 saturated heterocycles. The number of carbonyl (C=O) groups excluding carboxylic acids is 3. The predicted molar refractivity (Wildman–Crippen MR) is 81.4 cm³/mol. The van der Waals surface area contributed by atoms with E-state index in [2.05, 4.69) is 5.32 Å². The average Bonchev–Trinajstić information content (AvgIpc) is 2.57. The topological polar surface area (TPSA) is 66.5 Å². The van der Waals surface area contributed by atoms with Gasteiger partial charge in [0.25, 0.3) is 5.91 Å². The normalized spacial score (nSPS) is 15.7. The zero-order valence-electron chi connectivity index (χ0n) is 12.6. The molecule has 1 N–H and O–H groups in total. The molecule has 1 heterocycles. The van der Waals surface area contributed by atoms with E-state index in [1.165, 1.54) is 24.3 Å². The highest BCUT2D eigenvalue weighted by molar-refractivity contribution is 6.14. The van der Waals surface area contributed by atoms with E-state index in [-0.39, 0.29) is 16.2 Å². The monoisotopic (exact) mass is 348 g/mol. The minimum absolute atomic E-state index is 0.0778. The Labute approximate surface area is 140 Å². The largest absolute Gasteiger partial charge is 0.351 e. The lowest BCUT2D eigenvalue weighted by Crippen LogP contribution is -2.52. The summed E-state index contributed by atoms with van der Waals surface area (Å²) in [5.74, 6) is -8.18. The SMILES string of the molecule is O=C(CN1C(=O)c2ccccc2C(F)(F)C1=O)Nc1cccc(F)c1. The lowest BCUT2D eigenvalue weighted by atomic mass is 9.95. The van der Waals surface area contributed by atoms with Crippen molar-refractivity contribution in [1.82, 2.24) is 4.90 Å². The number of anilines is 1. The first-order valence-electron chi connectivity index (χ1n) is 7.20. The van der Waals surface area contributed by atoms with Gasteiger partial charge in [0.1, 0.15) is 12.4 Å². The number of fused-ring (bicyclic) bond motifs is 1. The number of nitrogens with zero attached hydrogens (tertiary/aromatic N) is 1. The van der Waals surface area contributed by atoms with Gasteiger partial charge in [-0.25, -0.2) is 4.39 Å². The first kappa shape index (κ1) is 16.7. The third kappa shape index (κ3) is 2.98. The molecule has 2 aromatic rings. The third-order valence-corrected chi connectivity index (χ3v) is 3.66. The van der Waals surface area contributed by atoms with Crippen molar-refractivity contribution in [2.75, 3.05) is 11.9 Å². The highest BCUT2D eigenvalue weighted by Gasteiger charge is 2.52. The van der Waals surface area contributed by atoms with E-state index in [0.717, 1.165) is 24.3 Å². The zero-order chi connectivity index (χ0) is 18.2. The van der Waals surface area contributed by atoms with Crippen LogP contribution in [0.15, 0.2) is 48.5 Å². The van der Waals surface area contributed by atoms with Crippen LogP contribution in [0.3, 0.4) is 0 Å². The fourth-order valence-corrected chi connectivity index (χ4v) is 2.52. The Bertz CT molecular complexity index is 883. The average molecular weight is 348 g/mol. The Morgan fingerprint density at radius 3 is 2.52 bits per heavy atom. The summed E-state index contributed by atoms with van der Waals surface area (Å²) in [5.41, 5.74) is -0.952. The number of alkyl halides is 2. The quantitative estimate of drug-likeness (QED) is 0.867. The van der Waals surface area contributed by atoms with Gasteiger partial charge in [0.2, 0.25) is 5.91 Å². The van der Waals surface area contributed by atoms with Crippen LogP contribution in [0.5, 0.6) is 0 Å². The highest BCUT2D eigenvalue weighted by atomic mass is 19.3. The van der Waals surface area contributed by atoms with Gasteiger partial charge in [0, 0.05) is 16.8 Å². The van der Waals surface area contributed by atoms with Gasteiger partial charge in [0.15, 0.2) is 0 Å². The van der Waals surface area contributed by atoms with E-state index in [1.54, 1.807) is 0 Å². The van der Waals surface area contributed by atoms with E-state index in [0.29, 0.717) is 0 Å². The lowest BCUT2D eigenvalue weighted by molar-refractivity contribution is -0.158. The number of carbonyl (C=O) groups is 3. The number of benzene rings is 2. The zero-order valence-corrected chi connectivity index (χ0v) is 12.6. The molecule has 0 radical (unpaired) electrons. The van der Waals surface area contributed by atoms with Gasteiger partial charge >= 0.3 is 11.8 Å². The summed E-state index contributed by atoms with van der Waals surface area (Å²) in [6, 6.07) is 9.72. The van der Waals surface area contributed by atoms with E-state index in [4.69, 9.17) is 0 Å². The second-order valence-electron chi connectivity index (χ2n) is 5.37. The highest BCUT2D eigenvalue weighted by Crippen LogP contribution is 2.37. The molecule has 1 aliphatic rings. The van der Waals surface area contributed by atoms with Gasteiger partial charge in [-0.15, -0.1) is 0 Å². The maximum absolute atomic E-state index is 14.2. The van der Waals surface area contributed by atoms with Crippen molar-refractivity contribution in [2.45, 2.75) is 5.92 Å². The van der Waals surface area contributed by atoms with E-state index < -0.39 is 41.6 Å². The van der Waals surface area contributed by atoms with Crippen LogP contribution in [-0.4, -0.2) is 29.2 Å². The van der Waals surface area contributed by atoms with Crippen LogP contribution in [0, 0.1) is 5.82 Å². The molecule has 25 heavy (non-hydrogen) atoms. The first-order valence-corrected chi connectivity index (χ1v) is 7.20. The number of imide groups is 1. The molecule has 0 aromatic heterocycles. The van der Waals surface area contributed by atoms with Crippen molar-refractivity contribution < 1.29 is 27.6 Å². The summed E-state index contributed by atoms with van der Waals surface area (Å²) in [4.78, 5) is 36.4. The van der Waals surface area contributed by atoms with Crippen LogP contribution in [-0.2, 0) is 15.5 Å². The van der Waals surface area contributed by atoms with Crippen LogP contribution >= 0.6 is 0 Å². The number of rotatable bonds is 3. The number of hydrogen-bond donors (Lipinski definition) is 1. The van der Waals surface area contributed by atoms with Gasteiger partial charge in [-0.05, 0) is 24.3 Å². The Balaban J connectivity index is 1.84. The summed E-state index contributed by atoms with van der Waals surface area (Å²) in [6.07, 6.45) is 0. The van der Waals surface area contributed by atoms with Crippen LogP contribution in [0.2, 0.25) is 0 Å². The molecular weight excluding hydrogens is 337 g/mol. The standard InChI is InChI=1S/C17H11F3N2O3/c18-10-4-3-5-11(8-10)21-14(23)9-22-15(24)12-6-1-2-7-13(12)17(19,20)16(22)25/h1-8H,9H2,(H,21,23). The summed E-state index contributed by atoms with van der Waals surface area (Å²) >= 11 is 0. The van der Waals surface area contributed by atoms with Crippen molar-refractivity contribution in [3.8, 4) is 0 Å². The number of nitrogens with one attached hydrogen (secondary N) is 1. The maximum atomic E-state index is 14.2. The molecule has 3 amide bonds. The second-order valence-corrected chi connectivity index (χ2v) is 5.37. The molecule has 0 saturated carbocycles. The van der Waals surface area contributed by atoms with Crippen LogP contribution in [0.25, 0.3) is 0 Å². The van der Waals surface area contributed by atoms with Crippen molar-refractivity contribution in [3.63, 3.8) is 0 Å². The van der Waals surface area contributed by atoms with Crippen LogP contribution < -0.4 is 5.32 Å². The molecule has 8 heteroatoms. The summed E-state index contributed by atoms with van der Waals surface area (Å²) in [7, 11) is 0. The van der Waals surface area contributed by atoms with E-state index >= 15 is 0 Å². The third-order valence-electron chi connectivity index (χ3n) is 3.66. The second kappa shape index (κ2) is 6.04. The van der Waals surface area contributed by atoms with Gasteiger partial charge in [-0.2, -0.15) is 8.78 Å². The molecule has 2 aromatic carbocycles.